The molecule has 5 nitrogen and oxygen atoms in total. The van der Waals surface area contributed by atoms with Gasteiger partial charge in [-0.1, -0.05) is 29.3 Å². The number of amides is 2. The van der Waals surface area contributed by atoms with Crippen LogP contribution >= 0.6 is 23.2 Å². The molecule has 4 rings (SSSR count). The van der Waals surface area contributed by atoms with Crippen molar-refractivity contribution in [1.82, 2.24) is 0 Å². The first-order valence-electron chi connectivity index (χ1n) is 8.40. The second kappa shape index (κ2) is 7.19. The van der Waals surface area contributed by atoms with E-state index in [1.165, 1.54) is 12.1 Å². The Bertz CT molecular complexity index is 1110. The number of halogens is 2. The first kappa shape index (κ1) is 18.3. The fourth-order valence-corrected chi connectivity index (χ4v) is 3.43. The summed E-state index contributed by atoms with van der Waals surface area (Å²) in [4.78, 5) is 25.1. The Balaban J connectivity index is 1.63. The van der Waals surface area contributed by atoms with Crippen LogP contribution < -0.4 is 15.4 Å². The fourth-order valence-electron chi connectivity index (χ4n) is 2.90. The van der Waals surface area contributed by atoms with Crippen molar-refractivity contribution in [3.63, 3.8) is 0 Å². The quantitative estimate of drug-likeness (QED) is 0.549. The second-order valence-corrected chi connectivity index (χ2v) is 7.25. The lowest BCUT2D eigenvalue weighted by Gasteiger charge is -2.10. The topological polar surface area (TPSA) is 67.4 Å². The second-order valence-electron chi connectivity index (χ2n) is 6.38. The van der Waals surface area contributed by atoms with Gasteiger partial charge in [-0.15, -0.1) is 0 Å². The highest BCUT2D eigenvalue weighted by molar-refractivity contribution is 6.35. The van der Waals surface area contributed by atoms with Gasteiger partial charge in [0.15, 0.2) is 5.75 Å². The van der Waals surface area contributed by atoms with Gasteiger partial charge in [0.2, 0.25) is 0 Å². The van der Waals surface area contributed by atoms with Crippen molar-refractivity contribution >= 4 is 46.4 Å². The molecule has 2 amide bonds. The first-order valence-corrected chi connectivity index (χ1v) is 9.16. The molecule has 0 saturated heterocycles. The molecular formula is C21H14Cl2N2O3. The molecule has 3 aromatic carbocycles. The van der Waals surface area contributed by atoms with Crippen molar-refractivity contribution in [2.45, 2.75) is 6.92 Å². The van der Waals surface area contributed by atoms with Crippen LogP contribution in [0.25, 0.3) is 0 Å². The number of fused-ring (bicyclic) bond motifs is 2. The largest absolute Gasteiger partial charge is 0.454 e. The molecule has 1 aliphatic rings. The van der Waals surface area contributed by atoms with Crippen molar-refractivity contribution < 1.29 is 14.3 Å². The van der Waals surface area contributed by atoms with Crippen LogP contribution in [0.1, 0.15) is 26.3 Å². The van der Waals surface area contributed by atoms with Gasteiger partial charge in [-0.3, -0.25) is 9.59 Å². The van der Waals surface area contributed by atoms with Gasteiger partial charge in [0.1, 0.15) is 5.75 Å². The maximum absolute atomic E-state index is 12.6. The number of aryl methyl sites for hydroxylation is 1. The number of rotatable bonds is 2. The summed E-state index contributed by atoms with van der Waals surface area (Å²) in [6, 6.07) is 15.0. The third kappa shape index (κ3) is 3.67. The van der Waals surface area contributed by atoms with Gasteiger partial charge < -0.3 is 15.4 Å². The number of hydrogen-bond donors (Lipinski definition) is 2. The van der Waals surface area contributed by atoms with E-state index in [-0.39, 0.29) is 5.91 Å². The zero-order valence-corrected chi connectivity index (χ0v) is 16.2. The van der Waals surface area contributed by atoms with Crippen LogP contribution in [-0.2, 0) is 0 Å². The number of nitrogens with one attached hydrogen (secondary N) is 2. The monoisotopic (exact) mass is 412 g/mol. The summed E-state index contributed by atoms with van der Waals surface area (Å²) in [6.45, 7) is 1.93. The van der Waals surface area contributed by atoms with Gasteiger partial charge in [-0.2, -0.15) is 0 Å². The number of carbonyl (C=O) groups is 2. The highest BCUT2D eigenvalue weighted by atomic mass is 35.5. The van der Waals surface area contributed by atoms with E-state index in [9.17, 15) is 9.59 Å². The van der Waals surface area contributed by atoms with Crippen LogP contribution in [0, 0.1) is 6.92 Å². The van der Waals surface area contributed by atoms with Crippen LogP contribution in [0.5, 0.6) is 11.5 Å². The molecule has 0 spiro atoms. The van der Waals surface area contributed by atoms with Crippen molar-refractivity contribution in [2.24, 2.45) is 0 Å². The van der Waals surface area contributed by atoms with E-state index in [1.807, 2.05) is 19.1 Å². The molecule has 0 unspecified atom stereocenters. The van der Waals surface area contributed by atoms with E-state index in [0.717, 1.165) is 5.56 Å². The fraction of sp³-hybridized carbons (Fsp3) is 0.0476. The van der Waals surface area contributed by atoms with E-state index >= 15 is 0 Å². The lowest BCUT2D eigenvalue weighted by atomic mass is 10.1. The van der Waals surface area contributed by atoms with E-state index in [2.05, 4.69) is 10.6 Å². The van der Waals surface area contributed by atoms with Gasteiger partial charge in [0.05, 0.1) is 11.3 Å². The molecule has 140 valence electrons. The average Bonchev–Trinajstić information content (AvgIpc) is 2.76. The lowest BCUT2D eigenvalue weighted by molar-refractivity contribution is 0.101. The molecule has 28 heavy (non-hydrogen) atoms. The Labute approximate surface area is 171 Å². The highest BCUT2D eigenvalue weighted by Crippen LogP contribution is 2.37. The third-order valence-corrected chi connectivity index (χ3v) is 4.65. The summed E-state index contributed by atoms with van der Waals surface area (Å²) < 4.78 is 5.87. The molecular weight excluding hydrogens is 399 g/mol. The minimum atomic E-state index is -0.391. The maximum atomic E-state index is 12.6. The Morgan fingerprint density at radius 1 is 0.964 bits per heavy atom. The average molecular weight is 413 g/mol. The summed E-state index contributed by atoms with van der Waals surface area (Å²) in [7, 11) is 0. The molecule has 2 N–H and O–H groups in total. The van der Waals surface area contributed by atoms with Gasteiger partial charge >= 0.3 is 0 Å². The molecule has 0 radical (unpaired) electrons. The van der Waals surface area contributed by atoms with E-state index in [0.29, 0.717) is 44.0 Å². The number of ether oxygens (including phenoxy) is 1. The summed E-state index contributed by atoms with van der Waals surface area (Å²) in [5, 5.41) is 6.30. The number of anilines is 2. The molecule has 0 bridgehead atoms. The molecule has 1 aliphatic heterocycles. The zero-order valence-electron chi connectivity index (χ0n) is 14.7. The minimum Gasteiger partial charge on any atom is -0.454 e. The van der Waals surface area contributed by atoms with Crippen LogP contribution in [0.4, 0.5) is 11.4 Å². The number of hydrogen-bond acceptors (Lipinski definition) is 3. The minimum absolute atomic E-state index is 0.316. The first-order chi connectivity index (χ1) is 13.4. The van der Waals surface area contributed by atoms with Gasteiger partial charge in [0.25, 0.3) is 11.8 Å². The van der Waals surface area contributed by atoms with E-state index in [1.54, 1.807) is 30.3 Å². The summed E-state index contributed by atoms with van der Waals surface area (Å²) in [5.41, 5.74) is 2.68. The van der Waals surface area contributed by atoms with Crippen LogP contribution in [-0.4, -0.2) is 11.8 Å². The highest BCUT2D eigenvalue weighted by Gasteiger charge is 2.22. The molecule has 0 atom stereocenters. The molecule has 7 heteroatoms. The third-order valence-electron chi connectivity index (χ3n) is 4.21. The van der Waals surface area contributed by atoms with Crippen LogP contribution in [0.3, 0.4) is 0 Å². The van der Waals surface area contributed by atoms with Gasteiger partial charge in [-0.25, -0.2) is 0 Å². The standard InChI is InChI=1S/C21H14Cl2N2O3/c1-11-2-4-19-17(6-11)25-21(27)16-10-15(3-5-18(16)28-19)24-20(26)12-7-13(22)9-14(23)8-12/h2-10H,1H3,(H,24,26)(H,25,27). The molecule has 0 fully saturated rings. The SMILES string of the molecule is Cc1ccc2c(c1)NC(=O)c1cc(NC(=O)c3cc(Cl)cc(Cl)c3)ccc1O2. The zero-order chi connectivity index (χ0) is 19.8. The summed E-state index contributed by atoms with van der Waals surface area (Å²) in [5.74, 6) is 0.256. The van der Waals surface area contributed by atoms with Gasteiger partial charge in [0, 0.05) is 21.3 Å². The predicted octanol–water partition coefficient (Wildman–Crippen LogP) is 5.91. The Morgan fingerprint density at radius 3 is 2.43 bits per heavy atom. The normalized spacial score (nSPS) is 12.2. The summed E-state index contributed by atoms with van der Waals surface area (Å²) in [6.07, 6.45) is 0. The maximum Gasteiger partial charge on any atom is 0.259 e. The Morgan fingerprint density at radius 2 is 1.68 bits per heavy atom. The summed E-state index contributed by atoms with van der Waals surface area (Å²) >= 11 is 11.9. The number of benzene rings is 3. The van der Waals surface area contributed by atoms with E-state index < -0.39 is 5.91 Å². The molecule has 1 heterocycles. The van der Waals surface area contributed by atoms with E-state index in [4.69, 9.17) is 27.9 Å². The predicted molar refractivity (Wildman–Crippen MR) is 110 cm³/mol. The smallest absolute Gasteiger partial charge is 0.259 e. The van der Waals surface area contributed by atoms with Crippen molar-refractivity contribution in [3.8, 4) is 11.5 Å². The molecule has 0 aromatic heterocycles. The Kier molecular flexibility index (Phi) is 4.71. The molecule has 0 aliphatic carbocycles. The van der Waals surface area contributed by atoms with Crippen molar-refractivity contribution in [3.05, 3.63) is 81.3 Å². The Hall–Kier alpha value is -3.02. The van der Waals surface area contributed by atoms with Crippen molar-refractivity contribution in [2.75, 3.05) is 10.6 Å². The number of carbonyl (C=O) groups excluding carboxylic acids is 2. The van der Waals surface area contributed by atoms with Crippen molar-refractivity contribution in [1.29, 1.82) is 0 Å². The molecule has 0 saturated carbocycles. The molecule has 3 aromatic rings. The van der Waals surface area contributed by atoms with Crippen LogP contribution in [0.2, 0.25) is 10.0 Å². The van der Waals surface area contributed by atoms with Crippen LogP contribution in [0.15, 0.2) is 54.6 Å². The lowest BCUT2D eigenvalue weighted by Crippen LogP contribution is -2.14. The van der Waals surface area contributed by atoms with Gasteiger partial charge in [-0.05, 0) is 61.0 Å².